The lowest BCUT2D eigenvalue weighted by molar-refractivity contribution is 0.127. The summed E-state index contributed by atoms with van der Waals surface area (Å²) in [6.07, 6.45) is 0. The summed E-state index contributed by atoms with van der Waals surface area (Å²) in [5.74, 6) is 1.68. The fourth-order valence-electron chi connectivity index (χ4n) is 2.78. The van der Waals surface area contributed by atoms with Gasteiger partial charge < -0.3 is 19.5 Å². The molecule has 0 radical (unpaired) electrons. The SMILES string of the molecule is Cc1cc(CN2CCN(C(=O)NCCOc3ccccc3)CC2)on1. The molecule has 7 nitrogen and oxygen atoms in total. The molecule has 1 aromatic carbocycles. The number of ether oxygens (including phenoxy) is 1. The highest BCUT2D eigenvalue weighted by Gasteiger charge is 2.21. The minimum Gasteiger partial charge on any atom is -0.492 e. The van der Waals surface area contributed by atoms with Crippen molar-refractivity contribution in [3.63, 3.8) is 0 Å². The maximum Gasteiger partial charge on any atom is 0.317 e. The number of nitrogens with one attached hydrogen (secondary N) is 1. The average Bonchev–Trinajstić information content (AvgIpc) is 3.05. The molecule has 0 atom stereocenters. The summed E-state index contributed by atoms with van der Waals surface area (Å²) < 4.78 is 10.8. The molecule has 1 N–H and O–H groups in total. The topological polar surface area (TPSA) is 70.8 Å². The summed E-state index contributed by atoms with van der Waals surface area (Å²) >= 11 is 0. The Morgan fingerprint density at radius 1 is 1.24 bits per heavy atom. The van der Waals surface area contributed by atoms with Gasteiger partial charge in [0.15, 0.2) is 5.76 Å². The van der Waals surface area contributed by atoms with E-state index in [1.165, 1.54) is 0 Å². The highest BCUT2D eigenvalue weighted by Crippen LogP contribution is 2.10. The standard InChI is InChI=1S/C18H24N4O3/c1-15-13-17(25-20-15)14-21-8-10-22(11-9-21)18(23)19-7-12-24-16-5-3-2-4-6-16/h2-6,13H,7-12,14H2,1H3,(H,19,23). The van der Waals surface area contributed by atoms with Gasteiger partial charge in [0.05, 0.1) is 18.8 Å². The number of aryl methyl sites for hydroxylation is 1. The number of rotatable bonds is 6. The molecule has 1 aliphatic rings. The van der Waals surface area contributed by atoms with Crippen LogP contribution >= 0.6 is 0 Å². The molecule has 25 heavy (non-hydrogen) atoms. The van der Waals surface area contributed by atoms with Crippen molar-refractivity contribution in [1.82, 2.24) is 20.3 Å². The first-order valence-corrected chi connectivity index (χ1v) is 8.56. The molecule has 2 aromatic rings. The monoisotopic (exact) mass is 344 g/mol. The lowest BCUT2D eigenvalue weighted by Gasteiger charge is -2.34. The second kappa shape index (κ2) is 8.53. The predicted molar refractivity (Wildman–Crippen MR) is 93.4 cm³/mol. The Morgan fingerprint density at radius 3 is 2.68 bits per heavy atom. The number of carbonyl (C=O) groups is 1. The zero-order chi connectivity index (χ0) is 17.5. The Balaban J connectivity index is 1.32. The van der Waals surface area contributed by atoms with Crippen LogP contribution in [0.25, 0.3) is 0 Å². The first-order valence-electron chi connectivity index (χ1n) is 8.56. The van der Waals surface area contributed by atoms with E-state index < -0.39 is 0 Å². The van der Waals surface area contributed by atoms with Crippen LogP contribution in [-0.4, -0.2) is 60.3 Å². The summed E-state index contributed by atoms with van der Waals surface area (Å²) in [5, 5.41) is 6.81. The minimum atomic E-state index is -0.0354. The minimum absolute atomic E-state index is 0.0354. The largest absolute Gasteiger partial charge is 0.492 e. The third-order valence-electron chi connectivity index (χ3n) is 4.11. The molecule has 1 aliphatic heterocycles. The van der Waals surface area contributed by atoms with Gasteiger partial charge in [-0.15, -0.1) is 0 Å². The number of para-hydroxylation sites is 1. The molecular weight excluding hydrogens is 320 g/mol. The van der Waals surface area contributed by atoms with E-state index in [1.54, 1.807) is 0 Å². The third-order valence-corrected chi connectivity index (χ3v) is 4.11. The number of urea groups is 1. The Kier molecular flexibility index (Phi) is 5.90. The zero-order valence-electron chi connectivity index (χ0n) is 14.5. The molecule has 0 aliphatic carbocycles. The van der Waals surface area contributed by atoms with Crippen molar-refractivity contribution < 1.29 is 14.1 Å². The van der Waals surface area contributed by atoms with E-state index in [2.05, 4.69) is 15.4 Å². The predicted octanol–water partition coefficient (Wildman–Crippen LogP) is 1.89. The maximum atomic E-state index is 12.2. The zero-order valence-corrected chi connectivity index (χ0v) is 14.5. The van der Waals surface area contributed by atoms with Gasteiger partial charge in [-0.1, -0.05) is 23.4 Å². The van der Waals surface area contributed by atoms with E-state index in [0.29, 0.717) is 26.2 Å². The van der Waals surface area contributed by atoms with Crippen LogP contribution < -0.4 is 10.1 Å². The number of benzene rings is 1. The fraction of sp³-hybridized carbons (Fsp3) is 0.444. The lowest BCUT2D eigenvalue weighted by Crippen LogP contribution is -2.51. The molecule has 1 fully saturated rings. The quantitative estimate of drug-likeness (QED) is 0.811. The molecule has 0 unspecified atom stereocenters. The first-order chi connectivity index (χ1) is 12.2. The molecule has 1 aromatic heterocycles. The van der Waals surface area contributed by atoms with Gasteiger partial charge >= 0.3 is 6.03 Å². The molecule has 0 spiro atoms. The van der Waals surface area contributed by atoms with Gasteiger partial charge in [-0.05, 0) is 19.1 Å². The highest BCUT2D eigenvalue weighted by molar-refractivity contribution is 5.74. The van der Waals surface area contributed by atoms with Crippen LogP contribution in [0.5, 0.6) is 5.75 Å². The number of hydrogen-bond acceptors (Lipinski definition) is 5. The second-order valence-electron chi connectivity index (χ2n) is 6.09. The molecule has 0 saturated carbocycles. The van der Waals surface area contributed by atoms with Gasteiger partial charge in [0.25, 0.3) is 0 Å². The molecular formula is C18H24N4O3. The first kappa shape index (κ1) is 17.3. The smallest absolute Gasteiger partial charge is 0.317 e. The Bertz CT molecular complexity index is 666. The van der Waals surface area contributed by atoms with Crippen molar-refractivity contribution in [3.8, 4) is 5.75 Å². The number of hydrogen-bond donors (Lipinski definition) is 1. The Hall–Kier alpha value is -2.54. The molecule has 1 saturated heterocycles. The number of aromatic nitrogens is 1. The average molecular weight is 344 g/mol. The van der Waals surface area contributed by atoms with Crippen LogP contribution in [-0.2, 0) is 6.54 Å². The van der Waals surface area contributed by atoms with Gasteiger partial charge in [-0.3, -0.25) is 4.90 Å². The van der Waals surface area contributed by atoms with Crippen LogP contribution in [0.2, 0.25) is 0 Å². The summed E-state index contributed by atoms with van der Waals surface area (Å²) in [7, 11) is 0. The fourth-order valence-corrected chi connectivity index (χ4v) is 2.78. The van der Waals surface area contributed by atoms with Crippen molar-refractivity contribution in [2.75, 3.05) is 39.3 Å². The molecule has 0 bridgehead atoms. The molecule has 2 heterocycles. The van der Waals surface area contributed by atoms with E-state index in [1.807, 2.05) is 48.2 Å². The van der Waals surface area contributed by atoms with E-state index in [9.17, 15) is 4.79 Å². The highest BCUT2D eigenvalue weighted by atomic mass is 16.5. The Morgan fingerprint density at radius 2 is 2.00 bits per heavy atom. The van der Waals surface area contributed by atoms with Crippen molar-refractivity contribution >= 4 is 6.03 Å². The molecule has 134 valence electrons. The van der Waals surface area contributed by atoms with Gasteiger partial charge in [-0.2, -0.15) is 0 Å². The summed E-state index contributed by atoms with van der Waals surface area (Å²) in [4.78, 5) is 16.3. The van der Waals surface area contributed by atoms with Crippen LogP contribution in [0.1, 0.15) is 11.5 Å². The third kappa shape index (κ3) is 5.22. The van der Waals surface area contributed by atoms with Crippen molar-refractivity contribution in [2.24, 2.45) is 0 Å². The van der Waals surface area contributed by atoms with E-state index >= 15 is 0 Å². The normalized spacial score (nSPS) is 15.2. The van der Waals surface area contributed by atoms with Crippen LogP contribution in [0, 0.1) is 6.92 Å². The van der Waals surface area contributed by atoms with Crippen molar-refractivity contribution in [3.05, 3.63) is 47.9 Å². The summed E-state index contributed by atoms with van der Waals surface area (Å²) in [6.45, 7) is 6.67. The number of carbonyl (C=O) groups excluding carboxylic acids is 1. The van der Waals surface area contributed by atoms with Crippen molar-refractivity contribution in [2.45, 2.75) is 13.5 Å². The summed E-state index contributed by atoms with van der Waals surface area (Å²) in [5.41, 5.74) is 0.894. The molecule has 7 heteroatoms. The van der Waals surface area contributed by atoms with Crippen LogP contribution in [0.4, 0.5) is 4.79 Å². The van der Waals surface area contributed by atoms with Gasteiger partial charge in [0.2, 0.25) is 0 Å². The van der Waals surface area contributed by atoms with Gasteiger partial charge in [-0.25, -0.2) is 4.79 Å². The van der Waals surface area contributed by atoms with Crippen LogP contribution in [0.15, 0.2) is 40.9 Å². The van der Waals surface area contributed by atoms with Crippen LogP contribution in [0.3, 0.4) is 0 Å². The molecule has 3 rings (SSSR count). The number of piperazine rings is 1. The lowest BCUT2D eigenvalue weighted by atomic mass is 10.3. The maximum absolute atomic E-state index is 12.2. The molecule has 2 amide bonds. The van der Waals surface area contributed by atoms with E-state index in [0.717, 1.165) is 36.8 Å². The van der Waals surface area contributed by atoms with Gasteiger partial charge in [0, 0.05) is 32.2 Å². The van der Waals surface area contributed by atoms with Gasteiger partial charge in [0.1, 0.15) is 12.4 Å². The number of amides is 2. The number of nitrogens with zero attached hydrogens (tertiary/aromatic N) is 3. The van der Waals surface area contributed by atoms with E-state index in [-0.39, 0.29) is 6.03 Å². The van der Waals surface area contributed by atoms with E-state index in [4.69, 9.17) is 9.26 Å². The van der Waals surface area contributed by atoms with Crippen molar-refractivity contribution in [1.29, 1.82) is 0 Å². The second-order valence-corrected chi connectivity index (χ2v) is 6.09. The summed E-state index contributed by atoms with van der Waals surface area (Å²) in [6, 6.07) is 11.5. The Labute approximate surface area is 147 Å².